The van der Waals surface area contributed by atoms with E-state index >= 15 is 0 Å². The van der Waals surface area contributed by atoms with Crippen molar-refractivity contribution in [2.24, 2.45) is 0 Å². The molecule has 0 bridgehead atoms. The van der Waals surface area contributed by atoms with Gasteiger partial charge in [-0.05, 0) is 13.3 Å². The average Bonchev–Trinajstić information content (AvgIpc) is 2.27. The summed E-state index contributed by atoms with van der Waals surface area (Å²) in [6.07, 6.45) is 1.57. The maximum absolute atomic E-state index is 11.6. The molecule has 0 radical (unpaired) electrons. The van der Waals surface area contributed by atoms with Crippen LogP contribution in [0, 0.1) is 0 Å². The van der Waals surface area contributed by atoms with Gasteiger partial charge in [-0.1, -0.05) is 13.3 Å². The van der Waals surface area contributed by atoms with Gasteiger partial charge in [-0.25, -0.2) is 0 Å². The Balaban J connectivity index is 4.23. The van der Waals surface area contributed by atoms with Gasteiger partial charge in [0.15, 0.2) is 0 Å². The first-order valence-electron chi connectivity index (χ1n) is 5.72. The first kappa shape index (κ1) is 15.3. The fourth-order valence-electron chi connectivity index (χ4n) is 1.44. The molecule has 5 heteroatoms. The smallest absolute Gasteiger partial charge is 0.323 e. The van der Waals surface area contributed by atoms with Gasteiger partial charge in [-0.2, -0.15) is 0 Å². The minimum Gasteiger partial charge on any atom is -0.465 e. The van der Waals surface area contributed by atoms with E-state index in [4.69, 9.17) is 14.6 Å². The molecular formula is C11H23NO4. The van der Waals surface area contributed by atoms with Gasteiger partial charge >= 0.3 is 5.97 Å². The van der Waals surface area contributed by atoms with Crippen molar-refractivity contribution in [3.8, 4) is 0 Å². The Labute approximate surface area is 97.1 Å². The van der Waals surface area contributed by atoms with E-state index in [1.165, 1.54) is 0 Å². The zero-order valence-electron chi connectivity index (χ0n) is 10.4. The molecule has 0 saturated heterocycles. The number of hydrogen-bond acceptors (Lipinski definition) is 5. The third-order valence-electron chi connectivity index (χ3n) is 2.17. The first-order chi connectivity index (χ1) is 7.69. The number of rotatable bonds is 9. The van der Waals surface area contributed by atoms with Crippen LogP contribution in [0.1, 0.15) is 26.7 Å². The van der Waals surface area contributed by atoms with Gasteiger partial charge in [-0.3, -0.25) is 10.1 Å². The van der Waals surface area contributed by atoms with Crippen LogP contribution in [0.25, 0.3) is 0 Å². The molecule has 0 aromatic heterocycles. The largest absolute Gasteiger partial charge is 0.465 e. The van der Waals surface area contributed by atoms with E-state index in [1.807, 2.05) is 6.92 Å². The van der Waals surface area contributed by atoms with Crippen molar-refractivity contribution in [2.45, 2.75) is 38.8 Å². The third-order valence-corrected chi connectivity index (χ3v) is 2.17. The number of hydrogen-bond donors (Lipinski definition) is 2. The Morgan fingerprint density at radius 3 is 2.56 bits per heavy atom. The molecule has 0 aliphatic carbocycles. The number of carbonyl (C=O) groups excluding carboxylic acids is 1. The second kappa shape index (κ2) is 9.57. The Morgan fingerprint density at radius 1 is 1.44 bits per heavy atom. The van der Waals surface area contributed by atoms with Crippen LogP contribution in [0.3, 0.4) is 0 Å². The molecule has 0 aromatic carbocycles. The first-order valence-corrected chi connectivity index (χ1v) is 5.72. The van der Waals surface area contributed by atoms with Gasteiger partial charge in [0.05, 0.1) is 25.9 Å². The van der Waals surface area contributed by atoms with Crippen LogP contribution in [-0.4, -0.2) is 50.1 Å². The van der Waals surface area contributed by atoms with E-state index in [0.717, 1.165) is 6.42 Å². The fraction of sp³-hybridized carbons (Fsp3) is 0.909. The maximum atomic E-state index is 11.6. The topological polar surface area (TPSA) is 67.8 Å². The Morgan fingerprint density at radius 2 is 2.12 bits per heavy atom. The number of methoxy groups -OCH3 is 1. The van der Waals surface area contributed by atoms with Crippen LogP contribution in [0.5, 0.6) is 0 Å². The van der Waals surface area contributed by atoms with Gasteiger partial charge in [0, 0.05) is 7.11 Å². The van der Waals surface area contributed by atoms with Gasteiger partial charge in [0.1, 0.15) is 6.04 Å². The summed E-state index contributed by atoms with van der Waals surface area (Å²) in [6, 6.07) is -0.594. The summed E-state index contributed by atoms with van der Waals surface area (Å²) in [5.74, 6) is -0.265. The lowest BCUT2D eigenvalue weighted by atomic mass is 10.1. The number of ether oxygens (including phenoxy) is 2. The van der Waals surface area contributed by atoms with E-state index in [-0.39, 0.29) is 24.7 Å². The monoisotopic (exact) mass is 233 g/mol. The number of esters is 1. The highest BCUT2D eigenvalue weighted by atomic mass is 16.5. The van der Waals surface area contributed by atoms with Gasteiger partial charge in [-0.15, -0.1) is 0 Å². The second-order valence-corrected chi connectivity index (χ2v) is 3.59. The summed E-state index contributed by atoms with van der Waals surface area (Å²) in [7, 11) is 1.56. The number of carbonyl (C=O) groups is 1. The summed E-state index contributed by atoms with van der Waals surface area (Å²) < 4.78 is 9.90. The highest BCUT2D eigenvalue weighted by Crippen LogP contribution is 2.01. The zero-order chi connectivity index (χ0) is 12.4. The summed E-state index contributed by atoms with van der Waals surface area (Å²) in [5, 5.41) is 12.1. The standard InChI is InChI=1S/C11H23NO4/c1-4-6-10(11(14)16-5-2)12-9(7-13)8-15-3/h9-10,12-13H,4-8H2,1-3H3. The summed E-state index contributed by atoms with van der Waals surface area (Å²) >= 11 is 0. The molecule has 0 aliphatic heterocycles. The molecule has 0 spiro atoms. The van der Waals surface area contributed by atoms with Crippen molar-refractivity contribution in [2.75, 3.05) is 26.9 Å². The van der Waals surface area contributed by atoms with Crippen molar-refractivity contribution >= 4 is 5.97 Å². The van der Waals surface area contributed by atoms with Crippen molar-refractivity contribution in [1.29, 1.82) is 0 Å². The molecule has 0 saturated carbocycles. The van der Waals surface area contributed by atoms with Crippen molar-refractivity contribution in [3.05, 3.63) is 0 Å². The SMILES string of the molecule is CCCC(NC(CO)COC)C(=O)OCC. The Hall–Kier alpha value is -0.650. The van der Waals surface area contributed by atoms with Crippen molar-refractivity contribution in [3.63, 3.8) is 0 Å². The summed E-state index contributed by atoms with van der Waals surface area (Å²) in [5.41, 5.74) is 0. The number of nitrogens with one attached hydrogen (secondary N) is 1. The lowest BCUT2D eigenvalue weighted by molar-refractivity contribution is -0.146. The highest BCUT2D eigenvalue weighted by Gasteiger charge is 2.21. The van der Waals surface area contributed by atoms with E-state index in [2.05, 4.69) is 5.32 Å². The van der Waals surface area contributed by atoms with Crippen LogP contribution >= 0.6 is 0 Å². The molecule has 2 unspecified atom stereocenters. The Bertz CT molecular complexity index is 187. The molecule has 0 fully saturated rings. The number of aliphatic hydroxyl groups excluding tert-OH is 1. The minimum absolute atomic E-state index is 0.0620. The molecule has 2 atom stereocenters. The molecule has 16 heavy (non-hydrogen) atoms. The molecule has 5 nitrogen and oxygen atoms in total. The lowest BCUT2D eigenvalue weighted by Crippen LogP contribution is -2.47. The van der Waals surface area contributed by atoms with Crippen molar-refractivity contribution < 1.29 is 19.4 Å². The summed E-state index contributed by atoms with van der Waals surface area (Å²) in [6.45, 7) is 4.45. The van der Waals surface area contributed by atoms with Crippen LogP contribution in [0.2, 0.25) is 0 Å². The van der Waals surface area contributed by atoms with Crippen LogP contribution in [-0.2, 0) is 14.3 Å². The van der Waals surface area contributed by atoms with E-state index in [0.29, 0.717) is 19.6 Å². The highest BCUT2D eigenvalue weighted by molar-refractivity contribution is 5.75. The van der Waals surface area contributed by atoms with Gasteiger partial charge in [0.25, 0.3) is 0 Å². The third kappa shape index (κ3) is 6.05. The van der Waals surface area contributed by atoms with E-state index < -0.39 is 0 Å². The average molecular weight is 233 g/mol. The van der Waals surface area contributed by atoms with Crippen molar-refractivity contribution in [1.82, 2.24) is 5.32 Å². The predicted octanol–water partition coefficient (Wildman–Crippen LogP) is 0.315. The molecule has 96 valence electrons. The Kier molecular flexibility index (Phi) is 9.18. The predicted molar refractivity (Wildman–Crippen MR) is 61.2 cm³/mol. The second-order valence-electron chi connectivity index (χ2n) is 3.59. The van der Waals surface area contributed by atoms with Crippen LogP contribution < -0.4 is 5.32 Å². The van der Waals surface area contributed by atoms with Gasteiger partial charge < -0.3 is 14.6 Å². The molecule has 0 rings (SSSR count). The lowest BCUT2D eigenvalue weighted by Gasteiger charge is -2.22. The van der Waals surface area contributed by atoms with Crippen LogP contribution in [0.15, 0.2) is 0 Å². The zero-order valence-corrected chi connectivity index (χ0v) is 10.4. The molecule has 0 aliphatic rings. The minimum atomic E-state index is -0.364. The van der Waals surface area contributed by atoms with Crippen LogP contribution in [0.4, 0.5) is 0 Å². The van der Waals surface area contributed by atoms with Gasteiger partial charge in [0.2, 0.25) is 0 Å². The molecule has 2 N–H and O–H groups in total. The van der Waals surface area contributed by atoms with E-state index in [1.54, 1.807) is 14.0 Å². The molecule has 0 heterocycles. The molecule has 0 amide bonds. The fourth-order valence-corrected chi connectivity index (χ4v) is 1.44. The molecular weight excluding hydrogens is 210 g/mol. The number of aliphatic hydroxyl groups is 1. The quantitative estimate of drug-likeness (QED) is 0.561. The van der Waals surface area contributed by atoms with E-state index in [9.17, 15) is 4.79 Å². The maximum Gasteiger partial charge on any atom is 0.323 e. The normalized spacial score (nSPS) is 14.5. The molecule has 0 aromatic rings. The summed E-state index contributed by atoms with van der Waals surface area (Å²) in [4.78, 5) is 11.6.